The van der Waals surface area contributed by atoms with Gasteiger partial charge in [0.1, 0.15) is 0 Å². The van der Waals surface area contributed by atoms with E-state index >= 15 is 0 Å². The molecule has 104 valence electrons. The Hall–Kier alpha value is -0.870. The minimum absolute atomic E-state index is 0.330. The second-order valence-corrected chi connectivity index (χ2v) is 4.97. The molecule has 1 heterocycles. The standard InChI is InChI=1S/C14H27N3O/c1-5-13(4)17-14(7-9-16-17)11-15-8-6-10-18-12(2)3/h7,9,12-13,15H,5-6,8,10-11H2,1-4H3/t13-/m0/s1. The lowest BCUT2D eigenvalue weighted by Crippen LogP contribution is -2.20. The number of rotatable bonds is 9. The van der Waals surface area contributed by atoms with E-state index in [0.29, 0.717) is 12.1 Å². The Bertz CT molecular complexity index is 323. The van der Waals surface area contributed by atoms with Crippen LogP contribution in [0.15, 0.2) is 12.3 Å². The van der Waals surface area contributed by atoms with Gasteiger partial charge in [-0.15, -0.1) is 0 Å². The summed E-state index contributed by atoms with van der Waals surface area (Å²) in [7, 11) is 0. The summed E-state index contributed by atoms with van der Waals surface area (Å²) < 4.78 is 7.61. The highest BCUT2D eigenvalue weighted by molar-refractivity contribution is 5.01. The number of nitrogens with one attached hydrogen (secondary N) is 1. The van der Waals surface area contributed by atoms with E-state index in [-0.39, 0.29) is 0 Å². The van der Waals surface area contributed by atoms with Gasteiger partial charge < -0.3 is 10.1 Å². The molecule has 0 aliphatic rings. The Morgan fingerprint density at radius 1 is 1.39 bits per heavy atom. The van der Waals surface area contributed by atoms with Crippen LogP contribution in [-0.2, 0) is 11.3 Å². The fraction of sp³-hybridized carbons (Fsp3) is 0.786. The van der Waals surface area contributed by atoms with Gasteiger partial charge in [-0.1, -0.05) is 6.92 Å². The van der Waals surface area contributed by atoms with E-state index in [1.54, 1.807) is 0 Å². The molecule has 0 spiro atoms. The molecule has 0 amide bonds. The van der Waals surface area contributed by atoms with Crippen molar-refractivity contribution in [3.63, 3.8) is 0 Å². The van der Waals surface area contributed by atoms with Gasteiger partial charge in [-0.2, -0.15) is 5.10 Å². The lowest BCUT2D eigenvalue weighted by atomic mass is 10.2. The summed E-state index contributed by atoms with van der Waals surface area (Å²) in [6, 6.07) is 2.56. The molecular weight excluding hydrogens is 226 g/mol. The third kappa shape index (κ3) is 5.19. The van der Waals surface area contributed by atoms with Crippen molar-refractivity contribution in [3.8, 4) is 0 Å². The first-order chi connectivity index (χ1) is 8.65. The van der Waals surface area contributed by atoms with Crippen molar-refractivity contribution in [1.82, 2.24) is 15.1 Å². The molecule has 0 bridgehead atoms. The van der Waals surface area contributed by atoms with Crippen molar-refractivity contribution in [1.29, 1.82) is 0 Å². The van der Waals surface area contributed by atoms with E-state index in [1.807, 2.05) is 6.20 Å². The average Bonchev–Trinajstić information content (AvgIpc) is 2.80. The summed E-state index contributed by atoms with van der Waals surface area (Å²) in [5, 5.41) is 7.82. The quantitative estimate of drug-likeness (QED) is 0.688. The summed E-state index contributed by atoms with van der Waals surface area (Å²) in [5.41, 5.74) is 1.26. The minimum Gasteiger partial charge on any atom is -0.379 e. The Morgan fingerprint density at radius 3 is 2.83 bits per heavy atom. The highest BCUT2D eigenvalue weighted by Gasteiger charge is 2.07. The zero-order valence-electron chi connectivity index (χ0n) is 12.1. The van der Waals surface area contributed by atoms with Gasteiger partial charge in [-0.05, 0) is 46.2 Å². The van der Waals surface area contributed by atoms with Crippen LogP contribution in [0.4, 0.5) is 0 Å². The van der Waals surface area contributed by atoms with Crippen LogP contribution < -0.4 is 5.32 Å². The normalized spacial score (nSPS) is 13.2. The second kappa shape index (κ2) is 8.27. The van der Waals surface area contributed by atoms with Crippen LogP contribution in [0.25, 0.3) is 0 Å². The summed E-state index contributed by atoms with van der Waals surface area (Å²) in [6.45, 7) is 11.2. The fourth-order valence-electron chi connectivity index (χ4n) is 1.78. The first kappa shape index (κ1) is 15.2. The van der Waals surface area contributed by atoms with E-state index in [2.05, 4.69) is 48.9 Å². The summed E-state index contributed by atoms with van der Waals surface area (Å²) >= 11 is 0. The molecule has 0 aromatic carbocycles. The highest BCUT2D eigenvalue weighted by Crippen LogP contribution is 2.11. The molecule has 1 N–H and O–H groups in total. The summed E-state index contributed by atoms with van der Waals surface area (Å²) in [4.78, 5) is 0. The minimum atomic E-state index is 0.330. The maximum absolute atomic E-state index is 5.50. The van der Waals surface area contributed by atoms with Crippen molar-refractivity contribution in [3.05, 3.63) is 18.0 Å². The lowest BCUT2D eigenvalue weighted by Gasteiger charge is -2.14. The highest BCUT2D eigenvalue weighted by atomic mass is 16.5. The van der Waals surface area contributed by atoms with Gasteiger partial charge in [0.2, 0.25) is 0 Å². The fourth-order valence-corrected chi connectivity index (χ4v) is 1.78. The van der Waals surface area contributed by atoms with Crippen molar-refractivity contribution in [2.45, 2.75) is 59.2 Å². The van der Waals surface area contributed by atoms with Crippen molar-refractivity contribution in [2.75, 3.05) is 13.2 Å². The molecule has 0 aliphatic carbocycles. The molecule has 0 saturated heterocycles. The summed E-state index contributed by atoms with van der Waals surface area (Å²) in [5.74, 6) is 0. The SMILES string of the molecule is CC[C@H](C)n1nccc1CNCCCOC(C)C. The van der Waals surface area contributed by atoms with Crippen LogP contribution in [-0.4, -0.2) is 29.0 Å². The molecule has 0 saturated carbocycles. The van der Waals surface area contributed by atoms with Gasteiger partial charge in [-0.25, -0.2) is 0 Å². The van der Waals surface area contributed by atoms with Crippen LogP contribution in [0.3, 0.4) is 0 Å². The molecule has 1 rings (SSSR count). The molecule has 18 heavy (non-hydrogen) atoms. The third-order valence-corrected chi connectivity index (χ3v) is 3.02. The van der Waals surface area contributed by atoms with Gasteiger partial charge in [-0.3, -0.25) is 4.68 Å². The zero-order valence-corrected chi connectivity index (χ0v) is 12.1. The van der Waals surface area contributed by atoms with Gasteiger partial charge in [0.25, 0.3) is 0 Å². The Labute approximate surface area is 111 Å². The maximum Gasteiger partial charge on any atom is 0.0525 e. The Balaban J connectivity index is 2.21. The van der Waals surface area contributed by atoms with Gasteiger partial charge >= 0.3 is 0 Å². The first-order valence-electron chi connectivity index (χ1n) is 6.99. The predicted molar refractivity (Wildman–Crippen MR) is 74.6 cm³/mol. The molecule has 1 aromatic rings. The Morgan fingerprint density at radius 2 is 2.17 bits per heavy atom. The summed E-state index contributed by atoms with van der Waals surface area (Å²) in [6.07, 6.45) is 4.37. The van der Waals surface area contributed by atoms with Crippen LogP contribution >= 0.6 is 0 Å². The molecule has 1 atom stereocenters. The van der Waals surface area contributed by atoms with Crippen LogP contribution in [0.2, 0.25) is 0 Å². The molecule has 0 fully saturated rings. The van der Waals surface area contributed by atoms with Crippen molar-refractivity contribution in [2.24, 2.45) is 0 Å². The molecular formula is C14H27N3O. The van der Waals surface area contributed by atoms with Crippen molar-refractivity contribution < 1.29 is 4.74 Å². The van der Waals surface area contributed by atoms with Crippen molar-refractivity contribution >= 4 is 0 Å². The van der Waals surface area contributed by atoms with Gasteiger partial charge in [0.05, 0.1) is 11.8 Å². The second-order valence-electron chi connectivity index (χ2n) is 4.97. The number of hydrogen-bond donors (Lipinski definition) is 1. The molecule has 0 aliphatic heterocycles. The van der Waals surface area contributed by atoms with Gasteiger partial charge in [0.15, 0.2) is 0 Å². The monoisotopic (exact) mass is 253 g/mol. The van der Waals surface area contributed by atoms with Crippen LogP contribution in [0.1, 0.15) is 52.3 Å². The van der Waals surface area contributed by atoms with E-state index in [1.165, 1.54) is 5.69 Å². The first-order valence-corrected chi connectivity index (χ1v) is 6.99. The average molecular weight is 253 g/mol. The lowest BCUT2D eigenvalue weighted by molar-refractivity contribution is 0.0770. The molecule has 4 nitrogen and oxygen atoms in total. The van der Waals surface area contributed by atoms with Crippen LogP contribution in [0.5, 0.6) is 0 Å². The zero-order chi connectivity index (χ0) is 13.4. The smallest absolute Gasteiger partial charge is 0.0525 e. The maximum atomic E-state index is 5.50. The number of aromatic nitrogens is 2. The largest absolute Gasteiger partial charge is 0.379 e. The third-order valence-electron chi connectivity index (χ3n) is 3.02. The number of nitrogens with zero attached hydrogens (tertiary/aromatic N) is 2. The van der Waals surface area contributed by atoms with E-state index < -0.39 is 0 Å². The predicted octanol–water partition coefficient (Wildman–Crippen LogP) is 2.76. The Kier molecular flexibility index (Phi) is 6.98. The molecule has 1 aromatic heterocycles. The molecule has 0 unspecified atom stereocenters. The van der Waals surface area contributed by atoms with Crippen LogP contribution in [0, 0.1) is 0 Å². The van der Waals surface area contributed by atoms with Gasteiger partial charge in [0, 0.05) is 25.4 Å². The topological polar surface area (TPSA) is 39.1 Å². The molecule has 0 radical (unpaired) electrons. The number of ether oxygens (including phenoxy) is 1. The van der Waals surface area contributed by atoms with E-state index in [9.17, 15) is 0 Å². The van der Waals surface area contributed by atoms with E-state index in [4.69, 9.17) is 4.74 Å². The molecule has 4 heteroatoms. The number of hydrogen-bond acceptors (Lipinski definition) is 3. The van der Waals surface area contributed by atoms with E-state index in [0.717, 1.165) is 32.5 Å².